The number of carbonyl (C=O) groups is 1. The zero-order chi connectivity index (χ0) is 21.3. The summed E-state index contributed by atoms with van der Waals surface area (Å²) in [6.45, 7) is 2.65. The van der Waals surface area contributed by atoms with E-state index in [-0.39, 0.29) is 22.7 Å². The second kappa shape index (κ2) is 8.74. The minimum Gasteiger partial charge on any atom is -0.376 e. The molecule has 1 aliphatic rings. The lowest BCUT2D eigenvalue weighted by molar-refractivity contribution is 0.0917. The molecule has 1 saturated heterocycles. The van der Waals surface area contributed by atoms with E-state index in [4.69, 9.17) is 4.74 Å². The van der Waals surface area contributed by atoms with Crippen LogP contribution in [0.5, 0.6) is 0 Å². The Morgan fingerprint density at radius 2 is 2.13 bits per heavy atom. The molecule has 1 aromatic heterocycles. The second-order valence-corrected chi connectivity index (χ2v) is 11.3. The number of amides is 1. The van der Waals surface area contributed by atoms with Crippen molar-refractivity contribution in [3.05, 3.63) is 52.5 Å². The Morgan fingerprint density at radius 3 is 2.87 bits per heavy atom. The summed E-state index contributed by atoms with van der Waals surface area (Å²) in [6.07, 6.45) is 1.78. The van der Waals surface area contributed by atoms with Gasteiger partial charge in [0, 0.05) is 16.6 Å². The van der Waals surface area contributed by atoms with Gasteiger partial charge in [0.15, 0.2) is 15.0 Å². The molecule has 158 valence electrons. The Labute approximate surface area is 187 Å². The van der Waals surface area contributed by atoms with Gasteiger partial charge in [0.05, 0.1) is 33.5 Å². The molecule has 9 heteroatoms. The number of rotatable bonds is 6. The fraction of sp³-hybridized carbons (Fsp3) is 0.333. The molecule has 1 unspecified atom stereocenters. The van der Waals surface area contributed by atoms with Gasteiger partial charge in [0.25, 0.3) is 5.91 Å². The van der Waals surface area contributed by atoms with E-state index in [0.29, 0.717) is 23.8 Å². The normalized spacial score (nSPS) is 16.8. The first-order valence-electron chi connectivity index (χ1n) is 9.70. The molecule has 1 atom stereocenters. The predicted molar refractivity (Wildman–Crippen MR) is 122 cm³/mol. The molecular weight excluding hydrogens is 488 g/mol. The number of halogens is 1. The Balaban J connectivity index is 1.73. The van der Waals surface area contributed by atoms with Gasteiger partial charge in [-0.05, 0) is 49.2 Å². The van der Waals surface area contributed by atoms with Crippen molar-refractivity contribution in [2.45, 2.75) is 30.8 Å². The first-order chi connectivity index (χ1) is 14.4. The van der Waals surface area contributed by atoms with E-state index in [1.807, 2.05) is 18.2 Å². The topological polar surface area (TPSA) is 76.6 Å². The molecule has 30 heavy (non-hydrogen) atoms. The molecule has 0 saturated carbocycles. The molecule has 1 fully saturated rings. The third kappa shape index (κ3) is 4.44. The largest absolute Gasteiger partial charge is 0.376 e. The van der Waals surface area contributed by atoms with Gasteiger partial charge in [-0.15, -0.1) is 0 Å². The van der Waals surface area contributed by atoms with E-state index >= 15 is 0 Å². The summed E-state index contributed by atoms with van der Waals surface area (Å²) in [4.78, 5) is 19.9. The Hall–Kier alpha value is -1.81. The van der Waals surface area contributed by atoms with Crippen LogP contribution in [0.4, 0.5) is 5.13 Å². The van der Waals surface area contributed by atoms with Crippen LogP contribution in [-0.4, -0.2) is 44.3 Å². The van der Waals surface area contributed by atoms with Gasteiger partial charge >= 0.3 is 0 Å². The summed E-state index contributed by atoms with van der Waals surface area (Å²) in [5.41, 5.74) is 1.13. The van der Waals surface area contributed by atoms with Crippen LogP contribution in [0, 0.1) is 0 Å². The van der Waals surface area contributed by atoms with Crippen molar-refractivity contribution in [3.8, 4) is 0 Å². The van der Waals surface area contributed by atoms with Crippen LogP contribution < -0.4 is 4.90 Å². The van der Waals surface area contributed by atoms with Gasteiger partial charge in [-0.2, -0.15) is 0 Å². The third-order valence-electron chi connectivity index (χ3n) is 5.05. The van der Waals surface area contributed by atoms with Crippen LogP contribution >= 0.6 is 27.3 Å². The second-order valence-electron chi connectivity index (χ2n) is 7.09. The van der Waals surface area contributed by atoms with Crippen LogP contribution in [0.2, 0.25) is 0 Å². The molecule has 0 bridgehead atoms. The molecule has 0 N–H and O–H groups in total. The first-order valence-corrected chi connectivity index (χ1v) is 13.0. The van der Waals surface area contributed by atoms with E-state index < -0.39 is 9.84 Å². The van der Waals surface area contributed by atoms with Gasteiger partial charge in [-0.3, -0.25) is 9.69 Å². The van der Waals surface area contributed by atoms with Crippen LogP contribution in [0.3, 0.4) is 0 Å². The highest BCUT2D eigenvalue weighted by Gasteiger charge is 2.27. The molecule has 4 rings (SSSR count). The van der Waals surface area contributed by atoms with Gasteiger partial charge in [-0.1, -0.05) is 40.3 Å². The molecule has 3 aromatic rings. The summed E-state index contributed by atoms with van der Waals surface area (Å²) in [5.74, 6) is -0.298. The minimum absolute atomic E-state index is 0.0168. The number of sulfone groups is 1. The highest BCUT2D eigenvalue weighted by atomic mass is 79.9. The van der Waals surface area contributed by atoms with Crippen molar-refractivity contribution in [1.82, 2.24) is 4.98 Å². The van der Waals surface area contributed by atoms with E-state index in [9.17, 15) is 13.2 Å². The molecule has 0 spiro atoms. The standard InChI is InChI=1S/C21H21BrN2O4S2/c1-2-30(26,27)17-7-3-5-14(11-17)20(25)24(13-16-6-4-10-28-16)21-23-18-9-8-15(22)12-19(18)29-21/h3,5,7-9,11-12,16H,2,4,6,10,13H2,1H3. The summed E-state index contributed by atoms with van der Waals surface area (Å²) in [5, 5.41) is 0.576. The smallest absolute Gasteiger partial charge is 0.260 e. The van der Waals surface area contributed by atoms with Gasteiger partial charge in [0.1, 0.15) is 0 Å². The van der Waals surface area contributed by atoms with Crippen molar-refractivity contribution in [1.29, 1.82) is 0 Å². The van der Waals surface area contributed by atoms with Gasteiger partial charge < -0.3 is 4.74 Å². The van der Waals surface area contributed by atoms with E-state index in [0.717, 1.165) is 27.5 Å². The van der Waals surface area contributed by atoms with Gasteiger partial charge in [0.2, 0.25) is 0 Å². The zero-order valence-electron chi connectivity index (χ0n) is 16.4. The summed E-state index contributed by atoms with van der Waals surface area (Å²) >= 11 is 4.90. The minimum atomic E-state index is -3.41. The van der Waals surface area contributed by atoms with E-state index in [1.165, 1.54) is 23.5 Å². The number of anilines is 1. The Kier molecular flexibility index (Phi) is 6.24. The monoisotopic (exact) mass is 508 g/mol. The lowest BCUT2D eigenvalue weighted by atomic mass is 10.2. The number of fused-ring (bicyclic) bond motifs is 1. The predicted octanol–water partition coefficient (Wildman–Crippen LogP) is 4.68. The number of ether oxygens (including phenoxy) is 1. The fourth-order valence-electron chi connectivity index (χ4n) is 3.39. The van der Waals surface area contributed by atoms with Crippen molar-refractivity contribution >= 4 is 58.4 Å². The average Bonchev–Trinajstić information content (AvgIpc) is 3.40. The van der Waals surface area contributed by atoms with E-state index in [2.05, 4.69) is 20.9 Å². The molecule has 0 radical (unpaired) electrons. The molecular formula is C21H21BrN2O4S2. The van der Waals surface area contributed by atoms with E-state index in [1.54, 1.807) is 24.0 Å². The summed E-state index contributed by atoms with van der Waals surface area (Å²) in [6, 6.07) is 12.0. The van der Waals surface area contributed by atoms with Crippen molar-refractivity contribution in [2.75, 3.05) is 23.8 Å². The molecule has 0 aliphatic carbocycles. The average molecular weight is 509 g/mol. The molecule has 1 amide bonds. The van der Waals surface area contributed by atoms with Crippen molar-refractivity contribution < 1.29 is 17.9 Å². The number of carbonyl (C=O) groups excluding carboxylic acids is 1. The Bertz CT molecular complexity index is 1190. The number of benzene rings is 2. The van der Waals surface area contributed by atoms with Crippen LogP contribution in [-0.2, 0) is 14.6 Å². The van der Waals surface area contributed by atoms with Crippen molar-refractivity contribution in [3.63, 3.8) is 0 Å². The summed E-state index contributed by atoms with van der Waals surface area (Å²) < 4.78 is 32.2. The quantitative estimate of drug-likeness (QED) is 0.483. The zero-order valence-corrected chi connectivity index (χ0v) is 19.6. The number of hydrogen-bond donors (Lipinski definition) is 0. The number of thiazole rings is 1. The van der Waals surface area contributed by atoms with Crippen molar-refractivity contribution in [2.24, 2.45) is 0 Å². The molecule has 1 aliphatic heterocycles. The Morgan fingerprint density at radius 1 is 1.30 bits per heavy atom. The maximum atomic E-state index is 13.5. The number of hydrogen-bond acceptors (Lipinski definition) is 6. The molecule has 2 heterocycles. The lowest BCUT2D eigenvalue weighted by Gasteiger charge is -2.23. The maximum absolute atomic E-state index is 13.5. The van der Waals surface area contributed by atoms with Crippen LogP contribution in [0.25, 0.3) is 10.2 Å². The maximum Gasteiger partial charge on any atom is 0.260 e. The fourth-order valence-corrected chi connectivity index (χ4v) is 5.84. The van der Waals surface area contributed by atoms with Crippen LogP contribution in [0.1, 0.15) is 30.1 Å². The first kappa shape index (κ1) is 21.4. The van der Waals surface area contributed by atoms with Gasteiger partial charge in [-0.25, -0.2) is 13.4 Å². The third-order valence-corrected chi connectivity index (χ3v) is 8.31. The summed E-state index contributed by atoms with van der Waals surface area (Å²) in [7, 11) is -3.41. The lowest BCUT2D eigenvalue weighted by Crippen LogP contribution is -2.37. The highest BCUT2D eigenvalue weighted by molar-refractivity contribution is 9.10. The SMILES string of the molecule is CCS(=O)(=O)c1cccc(C(=O)N(CC2CCCO2)c2nc3ccc(Br)cc3s2)c1. The molecule has 6 nitrogen and oxygen atoms in total. The number of aromatic nitrogens is 1. The van der Waals surface area contributed by atoms with Crippen LogP contribution in [0.15, 0.2) is 51.8 Å². The molecule has 2 aromatic carbocycles. The highest BCUT2D eigenvalue weighted by Crippen LogP contribution is 2.32. The number of nitrogens with zero attached hydrogens (tertiary/aromatic N) is 2.